The lowest BCUT2D eigenvalue weighted by atomic mass is 9.98. The van der Waals surface area contributed by atoms with Crippen LogP contribution in [0.2, 0.25) is 0 Å². The first-order chi connectivity index (χ1) is 7.25. The Bertz CT molecular complexity index is 329. The lowest BCUT2D eigenvalue weighted by Gasteiger charge is -2.23. The van der Waals surface area contributed by atoms with E-state index < -0.39 is 0 Å². The highest BCUT2D eigenvalue weighted by Crippen LogP contribution is 2.27. The first-order valence-corrected chi connectivity index (χ1v) is 5.78. The van der Waals surface area contributed by atoms with Gasteiger partial charge in [0, 0.05) is 0 Å². The molecule has 2 nitrogen and oxygen atoms in total. The lowest BCUT2D eigenvalue weighted by molar-refractivity contribution is 0.156. The van der Waals surface area contributed by atoms with Crippen LogP contribution in [0.4, 0.5) is 5.69 Å². The number of hydrogen-bond acceptors (Lipinski definition) is 2. The molecule has 2 N–H and O–H groups in total. The molecule has 1 aromatic carbocycles. The van der Waals surface area contributed by atoms with Gasteiger partial charge >= 0.3 is 0 Å². The van der Waals surface area contributed by atoms with E-state index in [9.17, 15) is 0 Å². The minimum Gasteiger partial charge on any atom is -0.488 e. The molecule has 1 aliphatic rings. The summed E-state index contributed by atoms with van der Waals surface area (Å²) in [6.45, 7) is 2.04. The third-order valence-electron chi connectivity index (χ3n) is 3.01. The van der Waals surface area contributed by atoms with Gasteiger partial charge < -0.3 is 10.5 Å². The smallest absolute Gasteiger partial charge is 0.142 e. The summed E-state index contributed by atoms with van der Waals surface area (Å²) in [6.07, 6.45) is 6.65. The normalized spacial score (nSPS) is 17.7. The Morgan fingerprint density at radius 1 is 1.20 bits per heavy atom. The zero-order valence-corrected chi connectivity index (χ0v) is 9.33. The first-order valence-electron chi connectivity index (χ1n) is 5.78. The summed E-state index contributed by atoms with van der Waals surface area (Å²) >= 11 is 0. The number of hydrogen-bond donors (Lipinski definition) is 1. The number of anilines is 1. The summed E-state index contributed by atoms with van der Waals surface area (Å²) in [7, 11) is 0. The minimum atomic E-state index is 0.378. The molecule has 0 radical (unpaired) electrons. The van der Waals surface area contributed by atoms with E-state index in [4.69, 9.17) is 10.5 Å². The van der Waals surface area contributed by atoms with E-state index in [-0.39, 0.29) is 0 Å². The van der Waals surface area contributed by atoms with Gasteiger partial charge in [0.05, 0.1) is 11.8 Å². The van der Waals surface area contributed by atoms with E-state index >= 15 is 0 Å². The molecule has 2 heteroatoms. The van der Waals surface area contributed by atoms with Crippen LogP contribution in [0.3, 0.4) is 0 Å². The van der Waals surface area contributed by atoms with Crippen molar-refractivity contribution in [2.24, 2.45) is 0 Å². The van der Waals surface area contributed by atoms with Crippen molar-refractivity contribution in [1.29, 1.82) is 0 Å². The van der Waals surface area contributed by atoms with Crippen LogP contribution in [-0.4, -0.2) is 6.10 Å². The highest BCUT2D eigenvalue weighted by molar-refractivity contribution is 5.54. The molecule has 1 aromatic rings. The fourth-order valence-electron chi connectivity index (χ4n) is 2.14. The number of nitrogen functional groups attached to an aromatic ring is 1. The predicted molar refractivity (Wildman–Crippen MR) is 63.1 cm³/mol. The van der Waals surface area contributed by atoms with Crippen LogP contribution in [0.1, 0.15) is 37.7 Å². The molecule has 2 rings (SSSR count). The van der Waals surface area contributed by atoms with Crippen molar-refractivity contribution < 1.29 is 4.74 Å². The Kier molecular flexibility index (Phi) is 3.14. The van der Waals surface area contributed by atoms with Gasteiger partial charge in [-0.15, -0.1) is 0 Å². The summed E-state index contributed by atoms with van der Waals surface area (Å²) in [5.41, 5.74) is 7.86. The van der Waals surface area contributed by atoms with Crippen molar-refractivity contribution in [2.75, 3.05) is 5.73 Å². The minimum absolute atomic E-state index is 0.378. The molecule has 1 saturated carbocycles. The van der Waals surface area contributed by atoms with Crippen molar-refractivity contribution in [3.63, 3.8) is 0 Å². The van der Waals surface area contributed by atoms with E-state index in [1.54, 1.807) is 0 Å². The van der Waals surface area contributed by atoms with Crippen LogP contribution >= 0.6 is 0 Å². The second-order valence-corrected chi connectivity index (χ2v) is 4.42. The van der Waals surface area contributed by atoms with E-state index in [2.05, 4.69) is 6.07 Å². The zero-order chi connectivity index (χ0) is 10.7. The van der Waals surface area contributed by atoms with E-state index in [0.717, 1.165) is 11.4 Å². The largest absolute Gasteiger partial charge is 0.488 e. The molecule has 0 amide bonds. The summed E-state index contributed by atoms with van der Waals surface area (Å²) in [4.78, 5) is 0. The number of benzene rings is 1. The van der Waals surface area contributed by atoms with Gasteiger partial charge in [-0.3, -0.25) is 0 Å². The van der Waals surface area contributed by atoms with Crippen molar-refractivity contribution in [2.45, 2.75) is 45.1 Å². The molecular formula is C13H19NO. The highest BCUT2D eigenvalue weighted by Gasteiger charge is 2.15. The Morgan fingerprint density at radius 2 is 1.93 bits per heavy atom. The average Bonchev–Trinajstić information content (AvgIpc) is 2.24. The SMILES string of the molecule is Cc1ccc(OC2CCCCC2)c(N)c1. The predicted octanol–water partition coefficient (Wildman–Crippen LogP) is 3.29. The summed E-state index contributed by atoms with van der Waals surface area (Å²) in [5, 5.41) is 0. The van der Waals surface area contributed by atoms with E-state index in [0.29, 0.717) is 6.10 Å². The third-order valence-corrected chi connectivity index (χ3v) is 3.01. The molecule has 82 valence electrons. The molecule has 0 spiro atoms. The van der Waals surface area contributed by atoms with Gasteiger partial charge in [0.2, 0.25) is 0 Å². The van der Waals surface area contributed by atoms with Crippen molar-refractivity contribution in [3.05, 3.63) is 23.8 Å². The Labute approximate surface area is 91.4 Å². The average molecular weight is 205 g/mol. The summed E-state index contributed by atoms with van der Waals surface area (Å²) in [5.74, 6) is 0.854. The third kappa shape index (κ3) is 2.65. The number of aryl methyl sites for hydroxylation is 1. The van der Waals surface area contributed by atoms with Gasteiger partial charge in [-0.25, -0.2) is 0 Å². The lowest BCUT2D eigenvalue weighted by Crippen LogP contribution is -2.20. The van der Waals surface area contributed by atoms with Crippen molar-refractivity contribution >= 4 is 5.69 Å². The second-order valence-electron chi connectivity index (χ2n) is 4.42. The van der Waals surface area contributed by atoms with Crippen molar-refractivity contribution in [1.82, 2.24) is 0 Å². The molecule has 0 unspecified atom stereocenters. The number of nitrogens with two attached hydrogens (primary N) is 1. The highest BCUT2D eigenvalue weighted by atomic mass is 16.5. The molecule has 0 aliphatic heterocycles. The first kappa shape index (κ1) is 10.3. The standard InChI is InChI=1S/C13H19NO/c1-10-7-8-13(12(14)9-10)15-11-5-3-2-4-6-11/h7-9,11H,2-6,14H2,1H3. The Morgan fingerprint density at radius 3 is 2.60 bits per heavy atom. The fraction of sp³-hybridized carbons (Fsp3) is 0.538. The van der Waals surface area contributed by atoms with E-state index in [1.807, 2.05) is 19.1 Å². The number of ether oxygens (including phenoxy) is 1. The Hall–Kier alpha value is -1.18. The van der Waals surface area contributed by atoms with Crippen LogP contribution < -0.4 is 10.5 Å². The maximum Gasteiger partial charge on any atom is 0.142 e. The van der Waals surface area contributed by atoms with E-state index in [1.165, 1.54) is 37.7 Å². The topological polar surface area (TPSA) is 35.2 Å². The molecular weight excluding hydrogens is 186 g/mol. The van der Waals surface area contributed by atoms with Crippen LogP contribution in [0.25, 0.3) is 0 Å². The second kappa shape index (κ2) is 4.56. The quantitative estimate of drug-likeness (QED) is 0.752. The maximum absolute atomic E-state index is 5.92. The molecule has 1 aliphatic carbocycles. The van der Waals surface area contributed by atoms with Crippen LogP contribution in [0.5, 0.6) is 5.75 Å². The monoisotopic (exact) mass is 205 g/mol. The fourth-order valence-corrected chi connectivity index (χ4v) is 2.14. The van der Waals surface area contributed by atoms with Gasteiger partial charge in [-0.2, -0.15) is 0 Å². The van der Waals surface area contributed by atoms with Gasteiger partial charge in [-0.1, -0.05) is 12.5 Å². The molecule has 0 aromatic heterocycles. The Balaban J connectivity index is 2.03. The molecule has 0 heterocycles. The number of rotatable bonds is 2. The van der Waals surface area contributed by atoms with Crippen molar-refractivity contribution in [3.8, 4) is 5.75 Å². The molecule has 0 atom stereocenters. The van der Waals surface area contributed by atoms with Gasteiger partial charge in [0.25, 0.3) is 0 Å². The molecule has 15 heavy (non-hydrogen) atoms. The molecule has 0 saturated heterocycles. The van der Waals surface area contributed by atoms with Crippen LogP contribution in [0, 0.1) is 6.92 Å². The van der Waals surface area contributed by atoms with Crippen LogP contribution in [0.15, 0.2) is 18.2 Å². The summed E-state index contributed by atoms with van der Waals surface area (Å²) in [6, 6.07) is 6.01. The summed E-state index contributed by atoms with van der Waals surface area (Å²) < 4.78 is 5.92. The molecule has 0 bridgehead atoms. The van der Waals surface area contributed by atoms with Crippen LogP contribution in [-0.2, 0) is 0 Å². The zero-order valence-electron chi connectivity index (χ0n) is 9.33. The van der Waals surface area contributed by atoms with Gasteiger partial charge in [-0.05, 0) is 50.3 Å². The van der Waals surface area contributed by atoms with Gasteiger partial charge in [0.15, 0.2) is 0 Å². The molecule has 1 fully saturated rings. The van der Waals surface area contributed by atoms with Gasteiger partial charge in [0.1, 0.15) is 5.75 Å². The maximum atomic E-state index is 5.92.